The van der Waals surface area contributed by atoms with E-state index in [4.69, 9.17) is 5.73 Å². The first kappa shape index (κ1) is 13.4. The smallest absolute Gasteiger partial charge is 0.263 e. The number of nitrogen functional groups attached to an aromatic ring is 1. The molecular weight excluding hydrogens is 264 g/mol. The molecule has 0 unspecified atom stereocenters. The number of anilines is 2. The maximum atomic E-state index is 12.2. The van der Waals surface area contributed by atoms with E-state index >= 15 is 0 Å². The van der Waals surface area contributed by atoms with E-state index in [-0.39, 0.29) is 4.90 Å². The topological polar surface area (TPSA) is 101 Å². The number of aryl methyl sites for hydroxylation is 2. The number of H-pyrrole nitrogens is 1. The van der Waals surface area contributed by atoms with Gasteiger partial charge in [0, 0.05) is 16.9 Å². The molecule has 1 aromatic heterocycles. The Morgan fingerprint density at radius 3 is 2.47 bits per heavy atom. The van der Waals surface area contributed by atoms with Crippen LogP contribution in [0.3, 0.4) is 0 Å². The van der Waals surface area contributed by atoms with Crippen LogP contribution in [0.25, 0.3) is 0 Å². The summed E-state index contributed by atoms with van der Waals surface area (Å²) in [6, 6.07) is 4.58. The zero-order chi connectivity index (χ0) is 14.2. The SMILES string of the molecule is Cc1cc(S(=O)(=O)Nc2n[nH]c(C)c2C)ccc1N. The van der Waals surface area contributed by atoms with Gasteiger partial charge in [-0.3, -0.25) is 9.82 Å². The first-order valence-electron chi connectivity index (χ1n) is 5.72. The van der Waals surface area contributed by atoms with E-state index in [1.54, 1.807) is 19.9 Å². The molecule has 0 aliphatic rings. The number of benzene rings is 1. The van der Waals surface area contributed by atoms with Crippen LogP contribution in [-0.4, -0.2) is 18.6 Å². The van der Waals surface area contributed by atoms with E-state index < -0.39 is 10.0 Å². The minimum absolute atomic E-state index is 0.166. The number of aromatic amines is 1. The van der Waals surface area contributed by atoms with Gasteiger partial charge in [0.05, 0.1) is 4.90 Å². The van der Waals surface area contributed by atoms with Crippen LogP contribution in [0.5, 0.6) is 0 Å². The van der Waals surface area contributed by atoms with Crippen molar-refractivity contribution in [2.24, 2.45) is 0 Å². The maximum absolute atomic E-state index is 12.2. The number of nitrogens with two attached hydrogens (primary N) is 1. The highest BCUT2D eigenvalue weighted by molar-refractivity contribution is 7.92. The van der Waals surface area contributed by atoms with Gasteiger partial charge in [-0.2, -0.15) is 5.10 Å². The third-order valence-electron chi connectivity index (χ3n) is 3.04. The Labute approximate surface area is 112 Å². The molecule has 7 heteroatoms. The van der Waals surface area contributed by atoms with Crippen molar-refractivity contribution in [3.8, 4) is 0 Å². The van der Waals surface area contributed by atoms with E-state index in [1.165, 1.54) is 12.1 Å². The molecule has 0 aliphatic heterocycles. The predicted molar refractivity (Wildman–Crippen MR) is 74.5 cm³/mol. The van der Waals surface area contributed by atoms with Crippen LogP contribution in [0.2, 0.25) is 0 Å². The average Bonchev–Trinajstić information content (AvgIpc) is 2.64. The summed E-state index contributed by atoms with van der Waals surface area (Å²) in [5.41, 5.74) is 8.56. The Morgan fingerprint density at radius 2 is 1.95 bits per heavy atom. The molecule has 102 valence electrons. The van der Waals surface area contributed by atoms with Gasteiger partial charge in [-0.15, -0.1) is 0 Å². The van der Waals surface area contributed by atoms with Gasteiger partial charge >= 0.3 is 0 Å². The Hall–Kier alpha value is -2.02. The molecule has 0 atom stereocenters. The number of rotatable bonds is 3. The quantitative estimate of drug-likeness (QED) is 0.745. The summed E-state index contributed by atoms with van der Waals surface area (Å²) in [5.74, 6) is 0.312. The molecule has 0 amide bonds. The van der Waals surface area contributed by atoms with E-state index in [9.17, 15) is 8.42 Å². The second-order valence-corrected chi connectivity index (χ2v) is 6.13. The Bertz CT molecular complexity index is 719. The minimum atomic E-state index is -3.65. The van der Waals surface area contributed by atoms with Crippen molar-refractivity contribution in [2.45, 2.75) is 25.7 Å². The van der Waals surface area contributed by atoms with Crippen LogP contribution in [0, 0.1) is 20.8 Å². The standard InChI is InChI=1S/C12H16N4O2S/c1-7-6-10(4-5-11(7)13)19(17,18)16-12-8(2)9(3)14-15-12/h4-6H,13H2,1-3H3,(H2,14,15,16). The number of sulfonamides is 1. The van der Waals surface area contributed by atoms with Gasteiger partial charge in [0.25, 0.3) is 10.0 Å². The lowest BCUT2D eigenvalue weighted by Gasteiger charge is -2.08. The molecule has 4 N–H and O–H groups in total. The summed E-state index contributed by atoms with van der Waals surface area (Å²) in [6.07, 6.45) is 0. The number of hydrogen-bond donors (Lipinski definition) is 3. The average molecular weight is 280 g/mol. The first-order valence-corrected chi connectivity index (χ1v) is 7.20. The summed E-state index contributed by atoms with van der Waals surface area (Å²) in [5, 5.41) is 6.66. The van der Waals surface area contributed by atoms with Crippen molar-refractivity contribution in [3.05, 3.63) is 35.0 Å². The molecule has 6 nitrogen and oxygen atoms in total. The van der Waals surface area contributed by atoms with Gasteiger partial charge in [0.2, 0.25) is 0 Å². The molecule has 0 saturated carbocycles. The van der Waals surface area contributed by atoms with E-state index in [2.05, 4.69) is 14.9 Å². The monoisotopic (exact) mass is 280 g/mol. The normalized spacial score (nSPS) is 11.5. The molecule has 1 aromatic carbocycles. The summed E-state index contributed by atoms with van der Waals surface area (Å²) in [4.78, 5) is 0.166. The predicted octanol–water partition coefficient (Wildman–Crippen LogP) is 1.72. The van der Waals surface area contributed by atoms with Gasteiger partial charge in [0.15, 0.2) is 5.82 Å². The van der Waals surface area contributed by atoms with Crippen LogP contribution in [0.15, 0.2) is 23.1 Å². The van der Waals surface area contributed by atoms with Crippen molar-refractivity contribution < 1.29 is 8.42 Å². The number of hydrogen-bond acceptors (Lipinski definition) is 4. The first-order chi connectivity index (χ1) is 8.81. The van der Waals surface area contributed by atoms with Gasteiger partial charge in [-0.05, 0) is 44.5 Å². The van der Waals surface area contributed by atoms with Crippen molar-refractivity contribution in [2.75, 3.05) is 10.5 Å². The van der Waals surface area contributed by atoms with Gasteiger partial charge in [0.1, 0.15) is 0 Å². The van der Waals surface area contributed by atoms with Crippen LogP contribution >= 0.6 is 0 Å². The molecular formula is C12H16N4O2S. The molecule has 0 spiro atoms. The molecule has 0 aliphatic carbocycles. The molecule has 0 fully saturated rings. The van der Waals surface area contributed by atoms with Crippen LogP contribution in [-0.2, 0) is 10.0 Å². The van der Waals surface area contributed by atoms with Crippen LogP contribution in [0.1, 0.15) is 16.8 Å². The number of nitrogens with one attached hydrogen (secondary N) is 2. The highest BCUT2D eigenvalue weighted by atomic mass is 32.2. The van der Waals surface area contributed by atoms with E-state index in [0.29, 0.717) is 11.5 Å². The van der Waals surface area contributed by atoms with Gasteiger partial charge in [-0.1, -0.05) is 0 Å². The molecule has 0 bridgehead atoms. The number of aromatic nitrogens is 2. The Kier molecular flexibility index (Phi) is 3.23. The second-order valence-electron chi connectivity index (χ2n) is 4.45. The highest BCUT2D eigenvalue weighted by Crippen LogP contribution is 2.21. The lowest BCUT2D eigenvalue weighted by molar-refractivity contribution is 0.601. The highest BCUT2D eigenvalue weighted by Gasteiger charge is 2.18. The van der Waals surface area contributed by atoms with Crippen LogP contribution < -0.4 is 10.5 Å². The second kappa shape index (κ2) is 4.58. The molecule has 19 heavy (non-hydrogen) atoms. The van der Waals surface area contributed by atoms with Crippen LogP contribution in [0.4, 0.5) is 11.5 Å². The molecule has 2 rings (SSSR count). The molecule has 0 radical (unpaired) electrons. The number of nitrogens with zero attached hydrogens (tertiary/aromatic N) is 1. The maximum Gasteiger partial charge on any atom is 0.263 e. The van der Waals surface area contributed by atoms with E-state index in [0.717, 1.165) is 16.8 Å². The van der Waals surface area contributed by atoms with Crippen molar-refractivity contribution >= 4 is 21.5 Å². The molecule has 2 aromatic rings. The van der Waals surface area contributed by atoms with Crippen molar-refractivity contribution in [1.29, 1.82) is 0 Å². The van der Waals surface area contributed by atoms with Crippen molar-refractivity contribution in [3.63, 3.8) is 0 Å². The Balaban J connectivity index is 2.37. The van der Waals surface area contributed by atoms with E-state index in [1.807, 2.05) is 6.92 Å². The third kappa shape index (κ3) is 2.55. The zero-order valence-electron chi connectivity index (χ0n) is 11.0. The van der Waals surface area contributed by atoms with Gasteiger partial charge < -0.3 is 5.73 Å². The fraction of sp³-hybridized carbons (Fsp3) is 0.250. The fourth-order valence-corrected chi connectivity index (χ4v) is 2.74. The largest absolute Gasteiger partial charge is 0.399 e. The lowest BCUT2D eigenvalue weighted by Crippen LogP contribution is -2.14. The summed E-state index contributed by atoms with van der Waals surface area (Å²) in [7, 11) is -3.65. The minimum Gasteiger partial charge on any atom is -0.399 e. The van der Waals surface area contributed by atoms with Gasteiger partial charge in [-0.25, -0.2) is 8.42 Å². The summed E-state index contributed by atoms with van der Waals surface area (Å²) in [6.45, 7) is 5.39. The Morgan fingerprint density at radius 1 is 1.26 bits per heavy atom. The third-order valence-corrected chi connectivity index (χ3v) is 4.37. The lowest BCUT2D eigenvalue weighted by atomic mass is 10.2. The molecule has 0 saturated heterocycles. The summed E-state index contributed by atoms with van der Waals surface area (Å²) >= 11 is 0. The summed E-state index contributed by atoms with van der Waals surface area (Å²) < 4.78 is 26.9. The molecule has 1 heterocycles. The fourth-order valence-electron chi connectivity index (χ4n) is 1.59. The van der Waals surface area contributed by atoms with Crippen molar-refractivity contribution in [1.82, 2.24) is 10.2 Å². The zero-order valence-corrected chi connectivity index (χ0v) is 11.8.